The summed E-state index contributed by atoms with van der Waals surface area (Å²) in [6, 6.07) is 0.0184. The molecule has 2 rings (SSSR count). The molecule has 1 N–H and O–H groups in total. The first-order chi connectivity index (χ1) is 7.38. The average Bonchev–Trinajstić information content (AvgIpc) is 2.58. The van der Waals surface area contributed by atoms with Gasteiger partial charge < -0.3 is 9.84 Å². The molecule has 1 aliphatic heterocycles. The maximum absolute atomic E-state index is 11.9. The number of hydrogen-bond donors (Lipinski definition) is 1. The van der Waals surface area contributed by atoms with Gasteiger partial charge in [0.1, 0.15) is 11.8 Å². The summed E-state index contributed by atoms with van der Waals surface area (Å²) in [6.07, 6.45) is 4.54. The summed E-state index contributed by atoms with van der Waals surface area (Å²) < 4.78 is 5.29. The van der Waals surface area contributed by atoms with Gasteiger partial charge in [-0.25, -0.2) is 4.79 Å². The van der Waals surface area contributed by atoms with Crippen molar-refractivity contribution in [3.8, 4) is 0 Å². The Morgan fingerprint density at radius 1 is 1.50 bits per heavy atom. The largest absolute Gasteiger partial charge is 0.444 e. The van der Waals surface area contributed by atoms with E-state index in [2.05, 4.69) is 6.08 Å². The minimum absolute atomic E-state index is 0.0184. The molecular weight excluding hydrogens is 206 g/mol. The number of ether oxygens (including phenoxy) is 1. The van der Waals surface area contributed by atoms with Gasteiger partial charge in [-0.3, -0.25) is 4.90 Å². The molecule has 1 saturated heterocycles. The third-order valence-electron chi connectivity index (χ3n) is 3.02. The van der Waals surface area contributed by atoms with Crippen LogP contribution in [0.3, 0.4) is 0 Å². The van der Waals surface area contributed by atoms with Crippen LogP contribution in [0.1, 0.15) is 33.6 Å². The first-order valence-electron chi connectivity index (χ1n) is 5.74. The van der Waals surface area contributed by atoms with E-state index in [1.165, 1.54) is 4.90 Å². The molecule has 1 amide bonds. The molecule has 90 valence electrons. The summed E-state index contributed by atoms with van der Waals surface area (Å²) in [5.41, 5.74) is -0.517. The molecule has 0 bridgehead atoms. The lowest BCUT2D eigenvalue weighted by atomic mass is 10.0. The highest BCUT2D eigenvalue weighted by Crippen LogP contribution is 2.37. The smallest absolute Gasteiger partial charge is 0.412 e. The van der Waals surface area contributed by atoms with E-state index in [1.54, 1.807) is 0 Å². The van der Waals surface area contributed by atoms with Crippen LogP contribution >= 0.6 is 0 Å². The van der Waals surface area contributed by atoms with Gasteiger partial charge in [0.15, 0.2) is 0 Å². The number of fused-ring (bicyclic) bond motifs is 1. The first-order valence-corrected chi connectivity index (χ1v) is 5.74. The molecule has 0 aromatic rings. The number of allylic oxidation sites excluding steroid dienone is 1. The standard InChI is InChI=1S/C12H19NO3/c1-12(2,3)16-11(15)13-9-6-4-5-8(9)7-10(13)14/h4,6,8-10,14H,5,7H2,1-3H3. The highest BCUT2D eigenvalue weighted by molar-refractivity contribution is 5.70. The maximum Gasteiger partial charge on any atom is 0.412 e. The van der Waals surface area contributed by atoms with E-state index in [9.17, 15) is 9.90 Å². The van der Waals surface area contributed by atoms with Crippen molar-refractivity contribution >= 4 is 6.09 Å². The van der Waals surface area contributed by atoms with E-state index < -0.39 is 17.9 Å². The fourth-order valence-electron chi connectivity index (χ4n) is 2.39. The third kappa shape index (κ3) is 2.07. The molecule has 0 saturated carbocycles. The minimum atomic E-state index is -0.699. The van der Waals surface area contributed by atoms with E-state index in [1.807, 2.05) is 26.8 Å². The maximum atomic E-state index is 11.9. The zero-order chi connectivity index (χ0) is 11.9. The lowest BCUT2D eigenvalue weighted by Crippen LogP contribution is -2.43. The zero-order valence-corrected chi connectivity index (χ0v) is 10.0. The fraction of sp³-hybridized carbons (Fsp3) is 0.750. The Balaban J connectivity index is 2.08. The Bertz CT molecular complexity index is 319. The summed E-state index contributed by atoms with van der Waals surface area (Å²) >= 11 is 0. The summed E-state index contributed by atoms with van der Waals surface area (Å²) in [5.74, 6) is 0.363. The van der Waals surface area contributed by atoms with Gasteiger partial charge in [-0.2, -0.15) is 0 Å². The number of amides is 1. The topological polar surface area (TPSA) is 49.8 Å². The van der Waals surface area contributed by atoms with Crippen molar-refractivity contribution in [3.63, 3.8) is 0 Å². The molecule has 3 unspecified atom stereocenters. The lowest BCUT2D eigenvalue weighted by molar-refractivity contribution is -0.0195. The minimum Gasteiger partial charge on any atom is -0.444 e. The second-order valence-corrected chi connectivity index (χ2v) is 5.52. The molecule has 1 heterocycles. The van der Waals surface area contributed by atoms with Crippen molar-refractivity contribution in [2.24, 2.45) is 5.92 Å². The summed E-state index contributed by atoms with van der Waals surface area (Å²) in [5, 5.41) is 9.85. The van der Waals surface area contributed by atoms with Gasteiger partial charge in [0.05, 0.1) is 6.04 Å². The number of aliphatic hydroxyl groups is 1. The van der Waals surface area contributed by atoms with Gasteiger partial charge in [-0.15, -0.1) is 0 Å². The zero-order valence-electron chi connectivity index (χ0n) is 10.0. The van der Waals surface area contributed by atoms with Gasteiger partial charge in [0.25, 0.3) is 0 Å². The van der Waals surface area contributed by atoms with Crippen molar-refractivity contribution in [2.45, 2.75) is 51.5 Å². The van der Waals surface area contributed by atoms with Crippen molar-refractivity contribution < 1.29 is 14.6 Å². The van der Waals surface area contributed by atoms with E-state index in [4.69, 9.17) is 4.74 Å². The molecular formula is C12H19NO3. The van der Waals surface area contributed by atoms with Gasteiger partial charge in [-0.1, -0.05) is 12.2 Å². The monoisotopic (exact) mass is 225 g/mol. The fourth-order valence-corrected chi connectivity index (χ4v) is 2.39. The Hall–Kier alpha value is -1.03. The van der Waals surface area contributed by atoms with Gasteiger partial charge in [-0.05, 0) is 39.5 Å². The van der Waals surface area contributed by atoms with Crippen molar-refractivity contribution in [1.82, 2.24) is 4.90 Å². The third-order valence-corrected chi connectivity index (χ3v) is 3.02. The van der Waals surface area contributed by atoms with Crippen LogP contribution in [0.4, 0.5) is 4.79 Å². The number of nitrogens with zero attached hydrogens (tertiary/aromatic N) is 1. The molecule has 0 aromatic heterocycles. The molecule has 0 aromatic carbocycles. The molecule has 3 atom stereocenters. The molecule has 1 fully saturated rings. The predicted molar refractivity (Wildman–Crippen MR) is 59.7 cm³/mol. The second kappa shape index (κ2) is 3.77. The molecule has 0 spiro atoms. The Morgan fingerprint density at radius 2 is 2.19 bits per heavy atom. The molecule has 4 nitrogen and oxygen atoms in total. The van der Waals surface area contributed by atoms with Crippen LogP contribution in [-0.4, -0.2) is 34.0 Å². The van der Waals surface area contributed by atoms with Crippen LogP contribution in [0, 0.1) is 5.92 Å². The van der Waals surface area contributed by atoms with Crippen LogP contribution in [0.15, 0.2) is 12.2 Å². The highest BCUT2D eigenvalue weighted by Gasteiger charge is 2.44. The normalized spacial score (nSPS) is 33.0. The molecule has 2 aliphatic rings. The van der Waals surface area contributed by atoms with Gasteiger partial charge in [0.2, 0.25) is 0 Å². The lowest BCUT2D eigenvalue weighted by Gasteiger charge is -2.29. The second-order valence-electron chi connectivity index (χ2n) is 5.52. The number of rotatable bonds is 0. The van der Waals surface area contributed by atoms with Crippen LogP contribution in [0.25, 0.3) is 0 Å². The summed E-state index contributed by atoms with van der Waals surface area (Å²) in [4.78, 5) is 13.4. The Labute approximate surface area is 95.9 Å². The van der Waals surface area contributed by atoms with E-state index >= 15 is 0 Å². The van der Waals surface area contributed by atoms with E-state index in [0.29, 0.717) is 12.3 Å². The van der Waals surface area contributed by atoms with Crippen LogP contribution in [0.2, 0.25) is 0 Å². The van der Waals surface area contributed by atoms with Crippen molar-refractivity contribution in [3.05, 3.63) is 12.2 Å². The molecule has 4 heteroatoms. The number of carbonyl (C=O) groups excluding carboxylic acids is 1. The van der Waals surface area contributed by atoms with Crippen LogP contribution in [0.5, 0.6) is 0 Å². The molecule has 16 heavy (non-hydrogen) atoms. The number of hydrogen-bond acceptors (Lipinski definition) is 3. The van der Waals surface area contributed by atoms with Crippen molar-refractivity contribution in [2.75, 3.05) is 0 Å². The molecule has 1 aliphatic carbocycles. The van der Waals surface area contributed by atoms with E-state index in [-0.39, 0.29) is 6.04 Å². The number of likely N-dealkylation sites (tertiary alicyclic amines) is 1. The van der Waals surface area contributed by atoms with Crippen LogP contribution in [-0.2, 0) is 4.74 Å². The number of aliphatic hydroxyl groups excluding tert-OH is 1. The van der Waals surface area contributed by atoms with E-state index in [0.717, 1.165) is 6.42 Å². The summed E-state index contributed by atoms with van der Waals surface area (Å²) in [6.45, 7) is 5.49. The van der Waals surface area contributed by atoms with Gasteiger partial charge >= 0.3 is 6.09 Å². The van der Waals surface area contributed by atoms with Gasteiger partial charge in [0, 0.05) is 0 Å². The average molecular weight is 225 g/mol. The number of carbonyl (C=O) groups is 1. The Kier molecular flexibility index (Phi) is 2.70. The summed E-state index contributed by atoms with van der Waals surface area (Å²) in [7, 11) is 0. The Morgan fingerprint density at radius 3 is 2.81 bits per heavy atom. The SMILES string of the molecule is CC(C)(C)OC(=O)N1C(O)CC2CC=CC21. The van der Waals surface area contributed by atoms with Crippen LogP contribution < -0.4 is 0 Å². The van der Waals surface area contributed by atoms with Crippen molar-refractivity contribution in [1.29, 1.82) is 0 Å². The highest BCUT2D eigenvalue weighted by atomic mass is 16.6. The molecule has 0 radical (unpaired) electrons. The quantitative estimate of drug-likeness (QED) is 0.640. The predicted octanol–water partition coefficient (Wildman–Crippen LogP) is 1.89. The first kappa shape index (κ1) is 11.5.